The lowest BCUT2D eigenvalue weighted by molar-refractivity contribution is -0.141. The maximum atomic E-state index is 14.1. The van der Waals surface area contributed by atoms with Crippen molar-refractivity contribution in [2.75, 3.05) is 19.0 Å². The number of hydrogen-bond donors (Lipinski definition) is 8. The highest BCUT2D eigenvalue weighted by molar-refractivity contribution is 6.09. The fourth-order valence-corrected chi connectivity index (χ4v) is 5.75. The number of benzene rings is 3. The van der Waals surface area contributed by atoms with Crippen LogP contribution in [-0.2, 0) is 38.4 Å². The summed E-state index contributed by atoms with van der Waals surface area (Å²) in [6.45, 7) is 0.0549. The standard InChI is InChI=1S/C36H40N6O11/c1-52-24-9-4-19(5-10-24)15-27(35(50)51)42-34(49)31-20(7-13-28(43)39-23(17-29(44)45)18-30(46)47)6-12-26-32(31)53-14-2-3-21-16-22(40-36(37)38)8-11-25(21)33(48)41-26/h4-6,8-12,16,23,27H,2-3,7,13-15,17-18H2,1H3,(H,39,43)(H,41,48)(H,42,49)(H,44,45)(H,46,47)(H,50,51)(H4,37,38,40)/t27-/m0/s1. The average Bonchev–Trinajstić information content (AvgIpc) is 3.08. The molecule has 1 aliphatic heterocycles. The number of aryl methyl sites for hydroxylation is 2. The average molecular weight is 733 g/mol. The Bertz CT molecular complexity index is 1890. The molecule has 0 radical (unpaired) electrons. The second-order valence-electron chi connectivity index (χ2n) is 12.1. The molecule has 1 heterocycles. The van der Waals surface area contributed by atoms with Gasteiger partial charge in [0.1, 0.15) is 11.8 Å². The molecule has 17 nitrogen and oxygen atoms in total. The van der Waals surface area contributed by atoms with Crippen LogP contribution in [0.3, 0.4) is 0 Å². The molecule has 1 aliphatic rings. The normalized spacial score (nSPS) is 12.8. The molecular formula is C36H40N6O11. The summed E-state index contributed by atoms with van der Waals surface area (Å²) >= 11 is 0. The third-order valence-corrected chi connectivity index (χ3v) is 8.18. The number of guanidine groups is 1. The van der Waals surface area contributed by atoms with E-state index < -0.39 is 60.6 Å². The van der Waals surface area contributed by atoms with Gasteiger partial charge in [-0.2, -0.15) is 0 Å². The predicted octanol–water partition coefficient (Wildman–Crippen LogP) is 1.97. The van der Waals surface area contributed by atoms with Crippen LogP contribution in [-0.4, -0.2) is 82.7 Å². The highest BCUT2D eigenvalue weighted by Gasteiger charge is 2.29. The zero-order valence-electron chi connectivity index (χ0n) is 28.7. The fourth-order valence-electron chi connectivity index (χ4n) is 5.75. The van der Waals surface area contributed by atoms with Crippen molar-refractivity contribution in [1.82, 2.24) is 10.6 Å². The molecule has 53 heavy (non-hydrogen) atoms. The fraction of sp³-hybridized carbons (Fsp3) is 0.306. The Morgan fingerprint density at radius 2 is 1.66 bits per heavy atom. The third-order valence-electron chi connectivity index (χ3n) is 8.18. The number of carbonyl (C=O) groups is 6. The van der Waals surface area contributed by atoms with Crippen molar-refractivity contribution in [1.29, 1.82) is 0 Å². The number of hydrogen-bond acceptors (Lipinski definition) is 9. The van der Waals surface area contributed by atoms with E-state index in [1.807, 2.05) is 0 Å². The molecule has 0 aromatic heterocycles. The molecule has 0 unspecified atom stereocenters. The van der Waals surface area contributed by atoms with Gasteiger partial charge in [-0.3, -0.25) is 24.0 Å². The lowest BCUT2D eigenvalue weighted by Gasteiger charge is -2.23. The van der Waals surface area contributed by atoms with Gasteiger partial charge < -0.3 is 52.2 Å². The van der Waals surface area contributed by atoms with Crippen LogP contribution < -0.4 is 36.9 Å². The molecular weight excluding hydrogens is 692 g/mol. The van der Waals surface area contributed by atoms with E-state index in [2.05, 4.69) is 20.9 Å². The van der Waals surface area contributed by atoms with E-state index in [0.717, 1.165) is 0 Å². The minimum absolute atomic E-state index is 0.0549. The second kappa shape index (κ2) is 18.0. The number of rotatable bonds is 15. The number of carboxylic acid groups (broad SMARTS) is 3. The van der Waals surface area contributed by atoms with Crippen molar-refractivity contribution in [2.45, 2.75) is 57.0 Å². The molecule has 0 aliphatic carbocycles. The van der Waals surface area contributed by atoms with E-state index in [9.17, 15) is 33.9 Å². The molecule has 0 fully saturated rings. The van der Waals surface area contributed by atoms with Crippen LogP contribution in [0.4, 0.5) is 11.4 Å². The van der Waals surface area contributed by atoms with E-state index >= 15 is 0 Å². The molecule has 280 valence electrons. The van der Waals surface area contributed by atoms with Crippen LogP contribution in [0.5, 0.6) is 11.5 Å². The zero-order valence-corrected chi connectivity index (χ0v) is 28.7. The summed E-state index contributed by atoms with van der Waals surface area (Å²) < 4.78 is 11.3. The summed E-state index contributed by atoms with van der Waals surface area (Å²) in [6.07, 6.45) is -1.03. The van der Waals surface area contributed by atoms with Crippen molar-refractivity contribution in [3.63, 3.8) is 0 Å². The Balaban J connectivity index is 1.70. The third kappa shape index (κ3) is 11.2. The number of ether oxygens (including phenoxy) is 2. The smallest absolute Gasteiger partial charge is 0.326 e. The monoisotopic (exact) mass is 732 g/mol. The van der Waals surface area contributed by atoms with Gasteiger partial charge in [-0.15, -0.1) is 0 Å². The Kier molecular flexibility index (Phi) is 13.3. The number of nitrogens with one attached hydrogen (secondary N) is 3. The molecule has 3 aromatic carbocycles. The van der Waals surface area contributed by atoms with Crippen LogP contribution >= 0.6 is 0 Å². The van der Waals surface area contributed by atoms with Crippen LogP contribution in [0.15, 0.2) is 59.6 Å². The zero-order chi connectivity index (χ0) is 38.7. The van der Waals surface area contributed by atoms with Crippen molar-refractivity contribution in [2.24, 2.45) is 16.5 Å². The summed E-state index contributed by atoms with van der Waals surface area (Å²) in [6, 6.07) is 11.8. The lowest BCUT2D eigenvalue weighted by atomic mass is 9.97. The van der Waals surface area contributed by atoms with Gasteiger partial charge in [0.15, 0.2) is 11.7 Å². The topological polar surface area (TPSA) is 282 Å². The Morgan fingerprint density at radius 3 is 2.28 bits per heavy atom. The van der Waals surface area contributed by atoms with Crippen LogP contribution in [0, 0.1) is 0 Å². The van der Waals surface area contributed by atoms with Gasteiger partial charge in [0.05, 0.1) is 43.5 Å². The molecule has 0 saturated heterocycles. The van der Waals surface area contributed by atoms with Crippen LogP contribution in [0.25, 0.3) is 0 Å². The number of anilines is 1. The molecule has 10 N–H and O–H groups in total. The van der Waals surface area contributed by atoms with Gasteiger partial charge in [-0.25, -0.2) is 9.79 Å². The molecule has 4 rings (SSSR count). The quantitative estimate of drug-likeness (QED) is 0.0821. The predicted molar refractivity (Wildman–Crippen MR) is 190 cm³/mol. The van der Waals surface area contributed by atoms with Crippen molar-refractivity contribution in [3.8, 4) is 11.5 Å². The molecule has 0 spiro atoms. The number of carbonyl (C=O) groups excluding carboxylic acids is 3. The van der Waals surface area contributed by atoms with Gasteiger partial charge in [0, 0.05) is 24.4 Å². The number of aliphatic carboxylic acids is 3. The number of aliphatic imine (C=N–C) groups is 1. The first kappa shape index (κ1) is 39.1. The van der Waals surface area contributed by atoms with Crippen molar-refractivity contribution in [3.05, 3.63) is 82.4 Å². The SMILES string of the molecule is COc1ccc(C[C@H](NC(=O)c2c(CCC(=O)NC(CC(=O)O)CC(=O)O)ccc3c2OCCCc2cc(N=C(N)N)ccc2C(=O)N3)C(=O)O)cc1. The first-order valence-electron chi connectivity index (χ1n) is 16.5. The van der Waals surface area contributed by atoms with Gasteiger partial charge in [-0.1, -0.05) is 18.2 Å². The van der Waals surface area contributed by atoms with Gasteiger partial charge in [0.25, 0.3) is 11.8 Å². The Labute approximate surface area is 303 Å². The first-order chi connectivity index (χ1) is 25.2. The van der Waals surface area contributed by atoms with E-state index in [1.165, 1.54) is 19.2 Å². The second-order valence-corrected chi connectivity index (χ2v) is 12.1. The molecule has 17 heteroatoms. The maximum Gasteiger partial charge on any atom is 0.326 e. The van der Waals surface area contributed by atoms with Gasteiger partial charge in [0.2, 0.25) is 5.91 Å². The Hall–Kier alpha value is -6.65. The molecule has 1 atom stereocenters. The lowest BCUT2D eigenvalue weighted by Crippen LogP contribution is -2.43. The van der Waals surface area contributed by atoms with Crippen LogP contribution in [0.1, 0.15) is 63.1 Å². The number of carboxylic acids is 3. The highest BCUT2D eigenvalue weighted by atomic mass is 16.5. The van der Waals surface area contributed by atoms with Gasteiger partial charge in [-0.05, 0) is 72.4 Å². The van der Waals surface area contributed by atoms with Crippen molar-refractivity contribution >= 4 is 53.0 Å². The molecule has 3 aromatic rings. The summed E-state index contributed by atoms with van der Waals surface area (Å²) in [5, 5.41) is 36.1. The number of nitrogens with two attached hydrogens (primary N) is 2. The van der Waals surface area contributed by atoms with Crippen molar-refractivity contribution < 1.29 is 53.6 Å². The largest absolute Gasteiger partial charge is 0.497 e. The van der Waals surface area contributed by atoms with E-state index in [1.54, 1.807) is 42.5 Å². The first-order valence-corrected chi connectivity index (χ1v) is 16.5. The summed E-state index contributed by atoms with van der Waals surface area (Å²) in [5.41, 5.74) is 13.2. The van der Waals surface area contributed by atoms with E-state index in [-0.39, 0.29) is 54.4 Å². The molecule has 0 saturated carbocycles. The minimum Gasteiger partial charge on any atom is -0.497 e. The highest BCUT2D eigenvalue weighted by Crippen LogP contribution is 2.35. The maximum absolute atomic E-state index is 14.1. The molecule has 0 bridgehead atoms. The van der Waals surface area contributed by atoms with Crippen LogP contribution in [0.2, 0.25) is 0 Å². The number of methoxy groups -OCH3 is 1. The number of nitrogens with zero attached hydrogens (tertiary/aromatic N) is 1. The van der Waals surface area contributed by atoms with Gasteiger partial charge >= 0.3 is 17.9 Å². The summed E-state index contributed by atoms with van der Waals surface area (Å²) in [4.78, 5) is 79.5. The van der Waals surface area contributed by atoms with E-state index in [4.69, 9.17) is 31.2 Å². The Morgan fingerprint density at radius 1 is 0.962 bits per heavy atom. The minimum atomic E-state index is -1.41. The summed E-state index contributed by atoms with van der Waals surface area (Å²) in [5.74, 6) is -5.66. The molecule has 3 amide bonds. The van der Waals surface area contributed by atoms with E-state index in [0.29, 0.717) is 41.0 Å². The number of amides is 3. The summed E-state index contributed by atoms with van der Waals surface area (Å²) in [7, 11) is 1.49. The number of fused-ring (bicyclic) bond motifs is 2.